The van der Waals surface area contributed by atoms with Gasteiger partial charge in [-0.25, -0.2) is 0 Å². The second kappa shape index (κ2) is 7.78. The first-order chi connectivity index (χ1) is 10.2. The minimum Gasteiger partial charge on any atom is -0.493 e. The maximum absolute atomic E-state index is 6.10. The van der Waals surface area contributed by atoms with Crippen molar-refractivity contribution in [2.75, 3.05) is 33.4 Å². The van der Waals surface area contributed by atoms with Gasteiger partial charge in [0.15, 0.2) is 0 Å². The lowest BCUT2D eigenvalue weighted by Gasteiger charge is -2.36. The van der Waals surface area contributed by atoms with Crippen molar-refractivity contribution in [3.8, 4) is 5.75 Å². The molecule has 2 N–H and O–H groups in total. The van der Waals surface area contributed by atoms with Crippen molar-refractivity contribution in [1.82, 2.24) is 4.90 Å². The third kappa shape index (κ3) is 3.76. The molecule has 21 heavy (non-hydrogen) atoms. The lowest BCUT2D eigenvalue weighted by molar-refractivity contribution is 0.0902. The van der Waals surface area contributed by atoms with Crippen LogP contribution in [-0.2, 0) is 11.2 Å². The van der Waals surface area contributed by atoms with Gasteiger partial charge in [0.1, 0.15) is 5.75 Å². The second-order valence-corrected chi connectivity index (χ2v) is 5.71. The van der Waals surface area contributed by atoms with Gasteiger partial charge < -0.3 is 15.2 Å². The van der Waals surface area contributed by atoms with E-state index in [1.807, 2.05) is 0 Å². The summed E-state index contributed by atoms with van der Waals surface area (Å²) in [6, 6.07) is 7.23. The van der Waals surface area contributed by atoms with Crippen molar-refractivity contribution in [3.05, 3.63) is 29.3 Å². The molecule has 4 heteroatoms. The van der Waals surface area contributed by atoms with Gasteiger partial charge >= 0.3 is 0 Å². The zero-order valence-electron chi connectivity index (χ0n) is 13.5. The fourth-order valence-electron chi connectivity index (χ4n) is 2.99. The van der Waals surface area contributed by atoms with Crippen molar-refractivity contribution in [3.63, 3.8) is 0 Å². The number of nitrogens with zero attached hydrogens (tertiary/aromatic N) is 1. The second-order valence-electron chi connectivity index (χ2n) is 5.71. The van der Waals surface area contributed by atoms with E-state index in [1.165, 1.54) is 11.1 Å². The van der Waals surface area contributed by atoms with E-state index in [-0.39, 0.29) is 6.04 Å². The van der Waals surface area contributed by atoms with E-state index in [0.717, 1.165) is 38.3 Å². The van der Waals surface area contributed by atoms with E-state index in [1.54, 1.807) is 7.11 Å². The first kappa shape index (κ1) is 16.3. The van der Waals surface area contributed by atoms with Crippen molar-refractivity contribution >= 4 is 0 Å². The molecule has 2 rings (SSSR count). The predicted octanol–water partition coefficient (Wildman–Crippen LogP) is 2.37. The van der Waals surface area contributed by atoms with Crippen molar-refractivity contribution < 1.29 is 9.47 Å². The molecule has 0 amide bonds. The normalized spacial score (nSPS) is 16.6. The van der Waals surface area contributed by atoms with Crippen LogP contribution in [0.25, 0.3) is 0 Å². The van der Waals surface area contributed by atoms with Crippen LogP contribution in [0.1, 0.15) is 37.4 Å². The molecule has 2 atom stereocenters. The Morgan fingerprint density at radius 3 is 2.90 bits per heavy atom. The SMILES string of the molecule is CCC(C)N(CCOC)C(CN)c1ccc2c(c1)CCO2. The molecule has 2 unspecified atom stereocenters. The van der Waals surface area contributed by atoms with Crippen LogP contribution in [-0.4, -0.2) is 44.4 Å². The summed E-state index contributed by atoms with van der Waals surface area (Å²) < 4.78 is 10.9. The maximum atomic E-state index is 6.10. The third-order valence-electron chi connectivity index (χ3n) is 4.43. The number of hydrogen-bond acceptors (Lipinski definition) is 4. The largest absolute Gasteiger partial charge is 0.493 e. The highest BCUT2D eigenvalue weighted by atomic mass is 16.5. The topological polar surface area (TPSA) is 47.7 Å². The van der Waals surface area contributed by atoms with Crippen LogP contribution in [0.5, 0.6) is 5.75 Å². The summed E-state index contributed by atoms with van der Waals surface area (Å²) in [7, 11) is 1.75. The summed E-state index contributed by atoms with van der Waals surface area (Å²) in [6.45, 7) is 7.53. The standard InChI is InChI=1S/C17H28N2O2/c1-4-13(2)19(8-10-20-3)16(12-18)14-5-6-17-15(11-14)7-9-21-17/h5-6,11,13,16H,4,7-10,12,18H2,1-3H3. The van der Waals surface area contributed by atoms with Crippen molar-refractivity contribution in [2.24, 2.45) is 5.73 Å². The molecule has 0 spiro atoms. The van der Waals surface area contributed by atoms with Crippen LogP contribution in [0, 0.1) is 0 Å². The number of fused-ring (bicyclic) bond motifs is 1. The van der Waals surface area contributed by atoms with Crippen LogP contribution in [0.15, 0.2) is 18.2 Å². The molecule has 118 valence electrons. The number of rotatable bonds is 8. The highest BCUT2D eigenvalue weighted by Crippen LogP contribution is 2.30. The molecule has 1 aliphatic rings. The molecule has 0 saturated heterocycles. The summed E-state index contributed by atoms with van der Waals surface area (Å²) in [6.07, 6.45) is 2.11. The maximum Gasteiger partial charge on any atom is 0.122 e. The third-order valence-corrected chi connectivity index (χ3v) is 4.43. The number of hydrogen-bond donors (Lipinski definition) is 1. The number of methoxy groups -OCH3 is 1. The minimum absolute atomic E-state index is 0.237. The van der Waals surface area contributed by atoms with E-state index in [4.69, 9.17) is 15.2 Å². The van der Waals surface area contributed by atoms with Crippen LogP contribution >= 0.6 is 0 Å². The summed E-state index contributed by atoms with van der Waals surface area (Å²) in [4.78, 5) is 2.46. The molecule has 0 saturated carbocycles. The Morgan fingerprint density at radius 1 is 1.43 bits per heavy atom. The van der Waals surface area contributed by atoms with E-state index in [0.29, 0.717) is 12.6 Å². The highest BCUT2D eigenvalue weighted by molar-refractivity contribution is 5.41. The Kier molecular flexibility index (Phi) is 6.03. The fraction of sp³-hybridized carbons (Fsp3) is 0.647. The molecule has 1 aromatic rings. The van der Waals surface area contributed by atoms with Gasteiger partial charge in [0.25, 0.3) is 0 Å². The smallest absolute Gasteiger partial charge is 0.122 e. The molecule has 1 heterocycles. The van der Waals surface area contributed by atoms with E-state index >= 15 is 0 Å². The fourth-order valence-corrected chi connectivity index (χ4v) is 2.99. The van der Waals surface area contributed by atoms with Crippen LogP contribution in [0.3, 0.4) is 0 Å². The molecule has 0 radical (unpaired) electrons. The molecule has 1 aliphatic heterocycles. The first-order valence-electron chi connectivity index (χ1n) is 7.91. The van der Waals surface area contributed by atoms with Crippen molar-refractivity contribution in [1.29, 1.82) is 0 Å². The summed E-state index contributed by atoms with van der Waals surface area (Å²) in [5, 5.41) is 0. The molecule has 4 nitrogen and oxygen atoms in total. The van der Waals surface area contributed by atoms with Crippen LogP contribution < -0.4 is 10.5 Å². The molecule has 0 bridgehead atoms. The van der Waals surface area contributed by atoms with Gasteiger partial charge in [0.2, 0.25) is 0 Å². The zero-order valence-corrected chi connectivity index (χ0v) is 13.5. The van der Waals surface area contributed by atoms with Crippen molar-refractivity contribution in [2.45, 2.75) is 38.8 Å². The summed E-state index contributed by atoms with van der Waals surface area (Å²) >= 11 is 0. The quantitative estimate of drug-likeness (QED) is 0.799. The predicted molar refractivity (Wildman–Crippen MR) is 85.8 cm³/mol. The molecule has 1 aromatic carbocycles. The zero-order chi connectivity index (χ0) is 15.2. The van der Waals surface area contributed by atoms with Gasteiger partial charge in [-0.05, 0) is 30.5 Å². The Bertz CT molecular complexity index is 450. The van der Waals surface area contributed by atoms with Gasteiger partial charge in [-0.15, -0.1) is 0 Å². The van der Waals surface area contributed by atoms with Gasteiger partial charge in [0.05, 0.1) is 13.2 Å². The Hall–Kier alpha value is -1.10. The van der Waals surface area contributed by atoms with Gasteiger partial charge in [-0.1, -0.05) is 19.1 Å². The van der Waals surface area contributed by atoms with E-state index in [9.17, 15) is 0 Å². The molecular formula is C17H28N2O2. The van der Waals surface area contributed by atoms with Gasteiger partial charge in [-0.3, -0.25) is 4.90 Å². The molecule has 0 aliphatic carbocycles. The number of benzene rings is 1. The average Bonchev–Trinajstić information content (AvgIpc) is 2.98. The number of nitrogens with two attached hydrogens (primary N) is 1. The molecular weight excluding hydrogens is 264 g/mol. The van der Waals surface area contributed by atoms with E-state index in [2.05, 4.69) is 36.9 Å². The lowest BCUT2D eigenvalue weighted by Crippen LogP contribution is -2.41. The van der Waals surface area contributed by atoms with E-state index < -0.39 is 0 Å². The number of ether oxygens (including phenoxy) is 2. The Labute approximate surface area is 128 Å². The Morgan fingerprint density at radius 2 is 2.24 bits per heavy atom. The minimum atomic E-state index is 0.237. The summed E-state index contributed by atoms with van der Waals surface area (Å²) in [5.74, 6) is 1.03. The Balaban J connectivity index is 2.22. The highest BCUT2D eigenvalue weighted by Gasteiger charge is 2.24. The van der Waals surface area contributed by atoms with Gasteiger partial charge in [-0.2, -0.15) is 0 Å². The lowest BCUT2D eigenvalue weighted by atomic mass is 9.99. The molecule has 0 aromatic heterocycles. The van der Waals surface area contributed by atoms with Crippen LogP contribution in [0.4, 0.5) is 0 Å². The van der Waals surface area contributed by atoms with Crippen LogP contribution in [0.2, 0.25) is 0 Å². The summed E-state index contributed by atoms with van der Waals surface area (Å²) in [5.41, 5.74) is 8.70. The van der Waals surface area contributed by atoms with Gasteiger partial charge in [0, 0.05) is 38.7 Å². The molecule has 0 fully saturated rings. The first-order valence-corrected chi connectivity index (χ1v) is 7.91. The average molecular weight is 292 g/mol. The monoisotopic (exact) mass is 292 g/mol.